The Morgan fingerprint density at radius 3 is 2.92 bits per heavy atom. The molecule has 1 fully saturated rings. The summed E-state index contributed by atoms with van der Waals surface area (Å²) in [7, 11) is 1.76. The van der Waals surface area contributed by atoms with E-state index < -0.39 is 0 Å². The van der Waals surface area contributed by atoms with Crippen LogP contribution in [0.25, 0.3) is 5.65 Å². The molecule has 1 aliphatic heterocycles. The third-order valence-corrected chi connectivity index (χ3v) is 5.26. The lowest BCUT2D eigenvalue weighted by atomic mass is 10.0. The van der Waals surface area contributed by atoms with Crippen molar-refractivity contribution in [1.82, 2.24) is 29.3 Å². The van der Waals surface area contributed by atoms with Crippen LogP contribution in [0.15, 0.2) is 23.1 Å². The predicted octanol–water partition coefficient (Wildman–Crippen LogP) is 1.26. The summed E-state index contributed by atoms with van der Waals surface area (Å²) in [5.74, 6) is 0.0423. The maximum absolute atomic E-state index is 12.7. The van der Waals surface area contributed by atoms with Crippen molar-refractivity contribution < 1.29 is 4.79 Å². The quantitative estimate of drug-likeness (QED) is 0.767. The highest BCUT2D eigenvalue weighted by Gasteiger charge is 2.30. The summed E-state index contributed by atoms with van der Waals surface area (Å²) in [6.45, 7) is 5.25. The highest BCUT2D eigenvalue weighted by atomic mass is 16.2. The van der Waals surface area contributed by atoms with E-state index in [0.717, 1.165) is 29.8 Å². The van der Waals surface area contributed by atoms with Gasteiger partial charge in [-0.05, 0) is 25.8 Å². The molecule has 0 aromatic carbocycles. The number of aromatic amines is 1. The van der Waals surface area contributed by atoms with Gasteiger partial charge in [-0.3, -0.25) is 19.4 Å². The number of hydrogen-bond donors (Lipinski definition) is 1. The van der Waals surface area contributed by atoms with Gasteiger partial charge in [-0.2, -0.15) is 5.10 Å². The van der Waals surface area contributed by atoms with Crippen molar-refractivity contribution in [3.05, 3.63) is 51.3 Å². The van der Waals surface area contributed by atoms with Gasteiger partial charge in [-0.25, -0.2) is 9.50 Å². The summed E-state index contributed by atoms with van der Waals surface area (Å²) >= 11 is 0. The molecule has 3 aromatic rings. The fourth-order valence-corrected chi connectivity index (χ4v) is 3.70. The zero-order chi connectivity index (χ0) is 18.4. The number of rotatable bonds is 3. The number of H-pyrrole nitrogens is 1. The van der Waals surface area contributed by atoms with E-state index in [4.69, 9.17) is 4.98 Å². The molecule has 0 radical (unpaired) electrons. The molecule has 0 spiro atoms. The van der Waals surface area contributed by atoms with E-state index in [1.54, 1.807) is 30.1 Å². The Balaban J connectivity index is 1.63. The lowest BCUT2D eigenvalue weighted by Crippen LogP contribution is -2.30. The van der Waals surface area contributed by atoms with E-state index in [0.29, 0.717) is 24.4 Å². The molecule has 0 unspecified atom stereocenters. The molecule has 26 heavy (non-hydrogen) atoms. The minimum atomic E-state index is -0.107. The molecule has 0 bridgehead atoms. The molecule has 1 amide bonds. The van der Waals surface area contributed by atoms with Gasteiger partial charge in [-0.1, -0.05) is 6.92 Å². The van der Waals surface area contributed by atoms with Crippen molar-refractivity contribution in [3.63, 3.8) is 0 Å². The Labute approximate surface area is 150 Å². The van der Waals surface area contributed by atoms with Crippen molar-refractivity contribution in [3.8, 4) is 0 Å². The first-order valence-corrected chi connectivity index (χ1v) is 8.88. The molecule has 8 heteroatoms. The van der Waals surface area contributed by atoms with E-state index in [-0.39, 0.29) is 17.4 Å². The summed E-state index contributed by atoms with van der Waals surface area (Å²) in [5, 5.41) is 7.18. The highest BCUT2D eigenvalue weighted by Crippen LogP contribution is 2.27. The molecule has 136 valence electrons. The second kappa shape index (κ2) is 6.12. The molecule has 1 N–H and O–H groups in total. The van der Waals surface area contributed by atoms with Crippen molar-refractivity contribution >= 4 is 11.6 Å². The fraction of sp³-hybridized carbons (Fsp3) is 0.444. The van der Waals surface area contributed by atoms with Gasteiger partial charge in [0.05, 0.1) is 5.69 Å². The topological polar surface area (TPSA) is 88.3 Å². The average Bonchev–Trinajstić information content (AvgIpc) is 3.34. The number of hydrogen-bond acceptors (Lipinski definition) is 4. The smallest absolute Gasteiger partial charge is 0.272 e. The van der Waals surface area contributed by atoms with Crippen LogP contribution in [0.2, 0.25) is 0 Å². The molecule has 3 aromatic heterocycles. The Kier molecular flexibility index (Phi) is 3.90. The van der Waals surface area contributed by atoms with Crippen LogP contribution in [0.5, 0.6) is 0 Å². The first-order valence-electron chi connectivity index (χ1n) is 8.88. The average molecular weight is 354 g/mol. The molecule has 8 nitrogen and oxygen atoms in total. The van der Waals surface area contributed by atoms with E-state index in [9.17, 15) is 9.59 Å². The van der Waals surface area contributed by atoms with Crippen LogP contribution in [-0.2, 0) is 13.5 Å². The first-order chi connectivity index (χ1) is 12.5. The van der Waals surface area contributed by atoms with Crippen LogP contribution >= 0.6 is 0 Å². The number of likely N-dealkylation sites (tertiary alicyclic amines) is 1. The lowest BCUT2D eigenvalue weighted by molar-refractivity contribution is 0.0780. The van der Waals surface area contributed by atoms with Gasteiger partial charge >= 0.3 is 0 Å². The third kappa shape index (κ3) is 2.53. The minimum absolute atomic E-state index is 0.0311. The van der Waals surface area contributed by atoms with Gasteiger partial charge in [0.25, 0.3) is 11.5 Å². The number of aryl methyl sites for hydroxylation is 3. The molecule has 4 rings (SSSR count). The number of amides is 1. The second-order valence-corrected chi connectivity index (χ2v) is 6.82. The summed E-state index contributed by atoms with van der Waals surface area (Å²) < 4.78 is 3.09. The molecular formula is C18H22N6O2. The van der Waals surface area contributed by atoms with E-state index in [1.807, 2.05) is 18.7 Å². The van der Waals surface area contributed by atoms with Crippen LogP contribution in [0.1, 0.15) is 46.7 Å². The van der Waals surface area contributed by atoms with Crippen LogP contribution < -0.4 is 5.56 Å². The Morgan fingerprint density at radius 1 is 1.42 bits per heavy atom. The normalized spacial score (nSPS) is 17.3. The van der Waals surface area contributed by atoms with Gasteiger partial charge < -0.3 is 4.90 Å². The summed E-state index contributed by atoms with van der Waals surface area (Å²) in [4.78, 5) is 31.7. The van der Waals surface area contributed by atoms with Crippen LogP contribution in [0, 0.1) is 6.92 Å². The van der Waals surface area contributed by atoms with E-state index in [2.05, 4.69) is 10.2 Å². The zero-order valence-electron chi connectivity index (χ0n) is 15.2. The Hall–Kier alpha value is -2.90. The van der Waals surface area contributed by atoms with E-state index in [1.165, 1.54) is 4.52 Å². The van der Waals surface area contributed by atoms with Crippen LogP contribution in [0.4, 0.5) is 0 Å². The molecule has 1 aliphatic rings. The van der Waals surface area contributed by atoms with Gasteiger partial charge in [0.1, 0.15) is 5.69 Å². The van der Waals surface area contributed by atoms with E-state index >= 15 is 0 Å². The Bertz CT molecular complexity index is 1040. The third-order valence-electron chi connectivity index (χ3n) is 5.26. The number of fused-ring (bicyclic) bond motifs is 1. The fourth-order valence-electron chi connectivity index (χ4n) is 3.70. The van der Waals surface area contributed by atoms with Crippen molar-refractivity contribution in [2.45, 2.75) is 32.6 Å². The molecule has 4 heterocycles. The van der Waals surface area contributed by atoms with Crippen LogP contribution in [-0.4, -0.2) is 48.3 Å². The maximum Gasteiger partial charge on any atom is 0.272 e. The molecule has 0 saturated carbocycles. The first kappa shape index (κ1) is 16.6. The number of carbonyl (C=O) groups excluding carboxylic acids is 1. The molecule has 1 saturated heterocycles. The summed E-state index contributed by atoms with van der Waals surface area (Å²) in [6.07, 6.45) is 3.24. The van der Waals surface area contributed by atoms with Crippen molar-refractivity contribution in [2.75, 3.05) is 13.1 Å². The number of nitrogens with zero attached hydrogens (tertiary/aromatic N) is 5. The standard InChI is InChI=1S/C18H22N6O2/c1-4-13-11(2)17-20-14(9-16(25)24(17)21-13)12-6-8-23(10-12)18(26)15-5-7-19-22(15)3/h5,7,9,12,21H,4,6,8,10H2,1-3H3/t12-/m0/s1. The maximum atomic E-state index is 12.7. The number of carbonyl (C=O) groups is 1. The number of nitrogens with one attached hydrogen (secondary N) is 1. The Morgan fingerprint density at radius 2 is 2.23 bits per heavy atom. The second-order valence-electron chi connectivity index (χ2n) is 6.82. The highest BCUT2D eigenvalue weighted by molar-refractivity contribution is 5.92. The van der Waals surface area contributed by atoms with Gasteiger partial charge in [0.15, 0.2) is 5.65 Å². The predicted molar refractivity (Wildman–Crippen MR) is 96.4 cm³/mol. The van der Waals surface area contributed by atoms with Gasteiger partial charge in [-0.15, -0.1) is 0 Å². The van der Waals surface area contributed by atoms with Crippen molar-refractivity contribution in [1.29, 1.82) is 0 Å². The van der Waals surface area contributed by atoms with Crippen molar-refractivity contribution in [2.24, 2.45) is 7.05 Å². The van der Waals surface area contributed by atoms with Crippen LogP contribution in [0.3, 0.4) is 0 Å². The molecule has 1 atom stereocenters. The zero-order valence-corrected chi connectivity index (χ0v) is 15.2. The minimum Gasteiger partial charge on any atom is -0.337 e. The molecule has 0 aliphatic carbocycles. The largest absolute Gasteiger partial charge is 0.337 e. The monoisotopic (exact) mass is 354 g/mol. The lowest BCUT2D eigenvalue weighted by Gasteiger charge is -2.16. The molecular weight excluding hydrogens is 332 g/mol. The summed E-state index contributed by atoms with van der Waals surface area (Å²) in [5.41, 5.74) is 3.94. The number of aromatic nitrogens is 5. The SMILES string of the molecule is CCc1[nH]n2c(=O)cc([C@H]3CCN(C(=O)c4ccnn4C)C3)nc2c1C. The van der Waals surface area contributed by atoms with Gasteiger partial charge in [0, 0.05) is 49.6 Å². The van der Waals surface area contributed by atoms with Gasteiger partial charge in [0.2, 0.25) is 0 Å². The summed E-state index contributed by atoms with van der Waals surface area (Å²) in [6, 6.07) is 3.31.